The predicted molar refractivity (Wildman–Crippen MR) is 113 cm³/mol. The van der Waals surface area contributed by atoms with Gasteiger partial charge in [0, 0.05) is 5.56 Å². The Morgan fingerprint density at radius 3 is 2.57 bits per heavy atom. The summed E-state index contributed by atoms with van der Waals surface area (Å²) in [5.74, 6) is 1.84. The van der Waals surface area contributed by atoms with Crippen molar-refractivity contribution in [1.82, 2.24) is 4.98 Å². The Bertz CT molecular complexity index is 1470. The van der Waals surface area contributed by atoms with Crippen LogP contribution in [0, 0.1) is 13.8 Å². The Labute approximate surface area is 162 Å². The molecule has 0 unspecified atom stereocenters. The average molecular weight is 363 g/mol. The van der Waals surface area contributed by atoms with Gasteiger partial charge in [-0.25, -0.2) is 4.57 Å². The van der Waals surface area contributed by atoms with Crippen molar-refractivity contribution in [3.05, 3.63) is 72.1 Å². The van der Waals surface area contributed by atoms with Crippen LogP contribution in [0.25, 0.3) is 43.7 Å². The van der Waals surface area contributed by atoms with E-state index in [0.29, 0.717) is 0 Å². The summed E-state index contributed by atoms with van der Waals surface area (Å²) in [6, 6.07) is 19.1. The largest absolute Gasteiger partial charge is 0.455 e. The molecule has 0 spiro atoms. The summed E-state index contributed by atoms with van der Waals surface area (Å²) in [6.07, 6.45) is 1.90. The molecule has 0 saturated heterocycles. The fourth-order valence-electron chi connectivity index (χ4n) is 4.75. The average Bonchev–Trinajstić information content (AvgIpc) is 2.73. The van der Waals surface area contributed by atoms with Crippen LogP contribution in [-0.2, 0) is 7.05 Å². The number of hydrogen-bond acceptors (Lipinski definition) is 2. The van der Waals surface area contributed by atoms with E-state index in [1.807, 2.05) is 24.5 Å². The van der Waals surface area contributed by atoms with Crippen molar-refractivity contribution in [2.24, 2.45) is 7.05 Å². The quantitative estimate of drug-likeness (QED) is 0.253. The highest BCUT2D eigenvalue weighted by Gasteiger charge is 2.31. The first-order chi connectivity index (χ1) is 13.6. The highest BCUT2D eigenvalue weighted by molar-refractivity contribution is 6.14. The van der Waals surface area contributed by atoms with E-state index < -0.39 is 0 Å². The van der Waals surface area contributed by atoms with Crippen LogP contribution in [0.5, 0.6) is 11.5 Å². The van der Waals surface area contributed by atoms with Crippen molar-refractivity contribution in [3.63, 3.8) is 0 Å². The van der Waals surface area contributed by atoms with Crippen molar-refractivity contribution < 1.29 is 9.30 Å². The second-order valence-electron chi connectivity index (χ2n) is 7.62. The smallest absolute Gasteiger partial charge is 0.287 e. The molecule has 0 N–H and O–H groups in total. The Morgan fingerprint density at radius 2 is 1.68 bits per heavy atom. The van der Waals surface area contributed by atoms with E-state index in [-0.39, 0.29) is 0 Å². The lowest BCUT2D eigenvalue weighted by Gasteiger charge is -2.25. The molecule has 0 radical (unpaired) electrons. The Balaban J connectivity index is 1.87. The van der Waals surface area contributed by atoms with Gasteiger partial charge in [0.2, 0.25) is 0 Å². The number of benzene rings is 4. The third-order valence-corrected chi connectivity index (χ3v) is 6.06. The molecule has 1 aromatic heterocycles. The minimum atomic E-state index is 0.880. The van der Waals surface area contributed by atoms with Crippen LogP contribution in [0.3, 0.4) is 0 Å². The maximum Gasteiger partial charge on any atom is 0.287 e. The van der Waals surface area contributed by atoms with Crippen molar-refractivity contribution in [1.29, 1.82) is 0 Å². The molecule has 2 heterocycles. The summed E-state index contributed by atoms with van der Waals surface area (Å²) in [6.45, 7) is 4.39. The van der Waals surface area contributed by atoms with Crippen molar-refractivity contribution in [2.75, 3.05) is 0 Å². The number of aromatic nitrogens is 2. The topological polar surface area (TPSA) is 26.0 Å². The third-order valence-electron chi connectivity index (χ3n) is 6.06. The van der Waals surface area contributed by atoms with Gasteiger partial charge in [-0.2, -0.15) is 0 Å². The molecule has 6 rings (SSSR count). The van der Waals surface area contributed by atoms with Crippen LogP contribution in [0.4, 0.5) is 0 Å². The van der Waals surface area contributed by atoms with Gasteiger partial charge in [0.1, 0.15) is 16.9 Å². The van der Waals surface area contributed by atoms with Crippen LogP contribution in [0.15, 0.2) is 60.9 Å². The molecule has 0 atom stereocenters. The minimum absolute atomic E-state index is 0.880. The summed E-state index contributed by atoms with van der Waals surface area (Å²) in [4.78, 5) is 4.60. The zero-order valence-corrected chi connectivity index (χ0v) is 16.1. The molecule has 3 heteroatoms. The number of ether oxygens (including phenoxy) is 1. The molecular weight excluding hydrogens is 344 g/mol. The summed E-state index contributed by atoms with van der Waals surface area (Å²) in [5.41, 5.74) is 5.75. The molecule has 0 saturated carbocycles. The molecule has 4 aromatic carbocycles. The number of rotatable bonds is 0. The Hall–Kier alpha value is -3.46. The van der Waals surface area contributed by atoms with Gasteiger partial charge in [0.25, 0.3) is 6.33 Å². The first-order valence-electron chi connectivity index (χ1n) is 9.55. The lowest BCUT2D eigenvalue weighted by atomic mass is 9.88. The molecular formula is C25H19N2O+. The maximum absolute atomic E-state index is 6.52. The van der Waals surface area contributed by atoms with Crippen molar-refractivity contribution in [3.8, 4) is 22.8 Å². The molecule has 134 valence electrons. The molecule has 0 fully saturated rings. The zero-order valence-electron chi connectivity index (χ0n) is 16.1. The number of hydrogen-bond donors (Lipinski definition) is 0. The van der Waals surface area contributed by atoms with Gasteiger partial charge in [-0.15, -0.1) is 0 Å². The van der Waals surface area contributed by atoms with E-state index in [1.54, 1.807) is 0 Å². The van der Waals surface area contributed by atoms with E-state index in [2.05, 4.69) is 66.8 Å². The SMILES string of the molecule is Cc1c2c(c(C)c3c1ccc1ccccc13)Oc1cccc3nc[n+](C)c-2c13. The van der Waals surface area contributed by atoms with Gasteiger partial charge >= 0.3 is 0 Å². The lowest BCUT2D eigenvalue weighted by Crippen LogP contribution is -2.33. The second-order valence-corrected chi connectivity index (χ2v) is 7.62. The molecule has 0 amide bonds. The maximum atomic E-state index is 6.52. The van der Waals surface area contributed by atoms with Crippen molar-refractivity contribution >= 4 is 32.4 Å². The van der Waals surface area contributed by atoms with Crippen LogP contribution < -0.4 is 9.30 Å². The summed E-state index contributed by atoms with van der Waals surface area (Å²) in [5, 5.41) is 6.17. The molecule has 1 aliphatic heterocycles. The number of fused-ring (bicyclic) bond motifs is 5. The van der Waals surface area contributed by atoms with E-state index in [9.17, 15) is 0 Å². The molecule has 5 aromatic rings. The molecule has 0 bridgehead atoms. The summed E-state index contributed by atoms with van der Waals surface area (Å²) in [7, 11) is 2.06. The third kappa shape index (κ3) is 1.83. The van der Waals surface area contributed by atoms with Gasteiger partial charge in [0.15, 0.2) is 11.2 Å². The molecule has 0 aliphatic carbocycles. The number of nitrogens with zero attached hydrogens (tertiary/aromatic N) is 2. The van der Waals surface area contributed by atoms with Crippen LogP contribution in [0.2, 0.25) is 0 Å². The minimum Gasteiger partial charge on any atom is -0.455 e. The van der Waals surface area contributed by atoms with Gasteiger partial charge in [-0.3, -0.25) is 0 Å². The predicted octanol–water partition coefficient (Wildman–Crippen LogP) is 5.76. The normalized spacial score (nSPS) is 12.4. The Morgan fingerprint density at radius 1 is 0.821 bits per heavy atom. The number of aryl methyl sites for hydroxylation is 3. The standard InChI is InChI=1S/C25H19N2O/c1-14-17-12-11-16-7-4-5-8-18(16)21(17)15(2)25-22(14)24-23-19(26-13-27(24)3)9-6-10-20(23)28-25/h4-13H,1-3H3/q+1. The molecule has 3 nitrogen and oxygen atoms in total. The molecule has 1 aliphatic rings. The van der Waals surface area contributed by atoms with Gasteiger partial charge in [-0.05, 0) is 58.1 Å². The van der Waals surface area contributed by atoms with E-state index >= 15 is 0 Å². The summed E-state index contributed by atoms with van der Waals surface area (Å²) >= 11 is 0. The van der Waals surface area contributed by atoms with Crippen LogP contribution >= 0.6 is 0 Å². The van der Waals surface area contributed by atoms with E-state index in [0.717, 1.165) is 22.4 Å². The van der Waals surface area contributed by atoms with Gasteiger partial charge in [-0.1, -0.05) is 42.5 Å². The fourth-order valence-corrected chi connectivity index (χ4v) is 4.75. The first-order valence-corrected chi connectivity index (χ1v) is 9.55. The van der Waals surface area contributed by atoms with Crippen LogP contribution in [0.1, 0.15) is 11.1 Å². The highest BCUT2D eigenvalue weighted by atomic mass is 16.5. The molecule has 28 heavy (non-hydrogen) atoms. The monoisotopic (exact) mass is 363 g/mol. The Kier molecular flexibility index (Phi) is 2.95. The lowest BCUT2D eigenvalue weighted by molar-refractivity contribution is -0.662. The summed E-state index contributed by atoms with van der Waals surface area (Å²) < 4.78 is 8.64. The fraction of sp³-hybridized carbons (Fsp3) is 0.120. The van der Waals surface area contributed by atoms with Gasteiger partial charge < -0.3 is 4.74 Å². The van der Waals surface area contributed by atoms with Gasteiger partial charge in [0.05, 0.1) is 12.6 Å². The first kappa shape index (κ1) is 15.6. The van der Waals surface area contributed by atoms with E-state index in [4.69, 9.17) is 4.74 Å². The van der Waals surface area contributed by atoms with E-state index in [1.165, 1.54) is 43.9 Å². The van der Waals surface area contributed by atoms with Crippen LogP contribution in [-0.4, -0.2) is 4.98 Å². The highest BCUT2D eigenvalue weighted by Crippen LogP contribution is 2.50. The zero-order chi connectivity index (χ0) is 19.0. The second kappa shape index (κ2) is 5.29. The van der Waals surface area contributed by atoms with Crippen molar-refractivity contribution in [2.45, 2.75) is 13.8 Å².